The van der Waals surface area contributed by atoms with Gasteiger partial charge < -0.3 is 0 Å². The van der Waals surface area contributed by atoms with Gasteiger partial charge in [-0.05, 0) is 0 Å². The second-order valence-electron chi connectivity index (χ2n) is 1.04. The van der Waals surface area contributed by atoms with E-state index in [-0.39, 0.29) is 23.5 Å². The van der Waals surface area contributed by atoms with Crippen LogP contribution in [-0.2, 0) is 0 Å². The summed E-state index contributed by atoms with van der Waals surface area (Å²) in [6.45, 7) is 1.33. The smallest absolute Gasteiger partial charge is 3.00 e. The van der Waals surface area contributed by atoms with E-state index >= 15 is 0 Å². The van der Waals surface area contributed by atoms with Crippen LogP contribution in [0.3, 0.4) is 0 Å². The standard InChI is InChI=1S/C2H6O3P.Al/c1-2-6(3,4)5;/h6H,2H2,1H3;/q-3;+3. The fourth-order valence-corrected chi connectivity index (χ4v) is 0. The molecule has 0 bridgehead atoms. The molecule has 0 amide bonds. The van der Waals surface area contributed by atoms with Crippen molar-refractivity contribution < 1.29 is 14.7 Å². The van der Waals surface area contributed by atoms with Crippen LogP contribution in [0.2, 0.25) is 0 Å². The van der Waals surface area contributed by atoms with Gasteiger partial charge in [-0.1, -0.05) is 0 Å². The zero-order valence-electron chi connectivity index (χ0n) is 4.01. The predicted octanol–water partition coefficient (Wildman–Crippen LogP) is -2.80. The van der Waals surface area contributed by atoms with E-state index in [1.54, 1.807) is 0 Å². The molecule has 0 aliphatic carbocycles. The van der Waals surface area contributed by atoms with E-state index in [4.69, 9.17) is 0 Å². The summed E-state index contributed by atoms with van der Waals surface area (Å²) in [6.07, 6.45) is -0.257. The van der Waals surface area contributed by atoms with E-state index in [0.717, 1.165) is 0 Å². The summed E-state index contributed by atoms with van der Waals surface area (Å²) >= 11 is 0. The molecular formula is C2H6AlO3P. The summed E-state index contributed by atoms with van der Waals surface area (Å²) in [6, 6.07) is 0. The Kier molecular flexibility index (Phi) is 5.84. The first-order valence-corrected chi connectivity index (χ1v) is 3.60. The molecule has 0 saturated carbocycles. The fraction of sp³-hybridized carbons (Fsp3) is 1.00. The molecule has 0 fully saturated rings. The molecule has 0 rings (SSSR count). The second-order valence-corrected chi connectivity index (χ2v) is 3.11. The third-order valence-electron chi connectivity index (χ3n) is 0.433. The molecule has 0 spiro atoms. The minimum Gasteiger partial charge on any atom is 3.00 e. The Hall–Kier alpha value is 0.842. The van der Waals surface area contributed by atoms with E-state index in [1.807, 2.05) is 0 Å². The van der Waals surface area contributed by atoms with E-state index in [0.29, 0.717) is 0 Å². The Labute approximate surface area is 53.7 Å². The van der Waals surface area contributed by atoms with Crippen molar-refractivity contribution in [3.8, 4) is 0 Å². The van der Waals surface area contributed by atoms with Crippen molar-refractivity contribution in [3.63, 3.8) is 0 Å². The maximum absolute atomic E-state index is 9.50. The molecule has 0 aliphatic rings. The zero-order chi connectivity index (χ0) is 5.21. The maximum Gasteiger partial charge on any atom is 3.00 e. The third-order valence-corrected chi connectivity index (χ3v) is 1.30. The van der Waals surface area contributed by atoms with Gasteiger partial charge >= 0.3 is 53.1 Å². The van der Waals surface area contributed by atoms with Crippen molar-refractivity contribution in [2.24, 2.45) is 0 Å². The Bertz CT molecular complexity index is 42.7. The van der Waals surface area contributed by atoms with Crippen molar-refractivity contribution >= 4 is 25.3 Å². The van der Waals surface area contributed by atoms with Crippen molar-refractivity contribution in [2.45, 2.75) is 6.92 Å². The molecule has 3 nitrogen and oxygen atoms in total. The number of rotatable bonds is 1. The van der Waals surface area contributed by atoms with E-state index < -0.39 is 7.94 Å². The van der Waals surface area contributed by atoms with E-state index in [9.17, 15) is 14.7 Å². The molecule has 40 valence electrons. The Morgan fingerprint density at radius 1 is 1.29 bits per heavy atom. The van der Waals surface area contributed by atoms with Gasteiger partial charge in [0.05, 0.1) is 0 Å². The molecule has 0 radical (unpaired) electrons. The third kappa shape index (κ3) is 10.9. The quantitative estimate of drug-likeness (QED) is 0.289. The summed E-state index contributed by atoms with van der Waals surface area (Å²) in [5, 5.41) is 0. The predicted molar refractivity (Wildman–Crippen MR) is 24.6 cm³/mol. The number of hydrogen-bond acceptors (Lipinski definition) is 3. The maximum atomic E-state index is 9.50. The Morgan fingerprint density at radius 3 is 1.43 bits per heavy atom. The van der Waals surface area contributed by atoms with Crippen LogP contribution in [0.1, 0.15) is 6.92 Å². The molecular weight excluding hydrogens is 130 g/mol. The molecule has 0 aromatic heterocycles. The fourth-order valence-electron chi connectivity index (χ4n) is 0. The van der Waals surface area contributed by atoms with Crippen LogP contribution in [-0.4, -0.2) is 23.5 Å². The first kappa shape index (κ1) is 10.8. The topological polar surface area (TPSA) is 69.2 Å². The van der Waals surface area contributed by atoms with Crippen molar-refractivity contribution in [2.75, 3.05) is 6.16 Å². The van der Waals surface area contributed by atoms with Gasteiger partial charge in [0.15, 0.2) is 0 Å². The van der Waals surface area contributed by atoms with Crippen LogP contribution < -0.4 is 14.7 Å². The monoisotopic (exact) mass is 136 g/mol. The second kappa shape index (κ2) is 3.80. The van der Waals surface area contributed by atoms with Crippen LogP contribution in [0.5, 0.6) is 0 Å². The van der Waals surface area contributed by atoms with Gasteiger partial charge in [0.25, 0.3) is 0 Å². The first-order valence-electron chi connectivity index (χ1n) is 1.67. The van der Waals surface area contributed by atoms with Crippen molar-refractivity contribution in [1.29, 1.82) is 0 Å². The summed E-state index contributed by atoms with van der Waals surface area (Å²) < 4.78 is 0. The van der Waals surface area contributed by atoms with Crippen LogP contribution in [0.25, 0.3) is 0 Å². The molecule has 0 aromatic rings. The summed E-state index contributed by atoms with van der Waals surface area (Å²) in [7, 11) is -4.38. The average molecular weight is 136 g/mol. The molecule has 5 heteroatoms. The van der Waals surface area contributed by atoms with Crippen LogP contribution in [0.4, 0.5) is 0 Å². The molecule has 0 aliphatic heterocycles. The minimum absolute atomic E-state index is 0. The van der Waals surface area contributed by atoms with Crippen LogP contribution in [0, 0.1) is 0 Å². The van der Waals surface area contributed by atoms with Gasteiger partial charge in [-0.25, -0.2) is 0 Å². The molecule has 0 aromatic carbocycles. The number of hydrogen-bond donors (Lipinski definition) is 0. The Morgan fingerprint density at radius 2 is 1.43 bits per heavy atom. The minimum atomic E-state index is -4.38. The Balaban J connectivity index is 0. The summed E-state index contributed by atoms with van der Waals surface area (Å²) in [4.78, 5) is 28.5. The van der Waals surface area contributed by atoms with Crippen LogP contribution >= 0.6 is 7.94 Å². The van der Waals surface area contributed by atoms with Crippen molar-refractivity contribution in [3.05, 3.63) is 0 Å². The molecule has 0 unspecified atom stereocenters. The molecule has 0 saturated heterocycles. The first-order chi connectivity index (χ1) is 2.56. The SMILES string of the molecule is CC[PH]([O-])([O-])[O-].[Al+3]. The summed E-state index contributed by atoms with van der Waals surface area (Å²) in [5.41, 5.74) is 0. The normalized spacial score (nSPS) is 12.6. The average Bonchev–Trinajstić information content (AvgIpc) is 1.35. The van der Waals surface area contributed by atoms with Gasteiger partial charge in [-0.2, -0.15) is 0 Å². The molecule has 0 N–H and O–H groups in total. The summed E-state index contributed by atoms with van der Waals surface area (Å²) in [5.74, 6) is 0. The van der Waals surface area contributed by atoms with Crippen molar-refractivity contribution in [1.82, 2.24) is 0 Å². The largest absolute Gasteiger partial charge is 3.00 e. The molecule has 0 atom stereocenters. The molecule has 0 heterocycles. The van der Waals surface area contributed by atoms with Gasteiger partial charge in [-0.3, -0.25) is 0 Å². The zero-order valence-corrected chi connectivity index (χ0v) is 6.16. The van der Waals surface area contributed by atoms with Gasteiger partial charge in [-0.15, -0.1) is 0 Å². The van der Waals surface area contributed by atoms with Crippen LogP contribution in [0.15, 0.2) is 0 Å². The van der Waals surface area contributed by atoms with Gasteiger partial charge in [0.2, 0.25) is 0 Å². The van der Waals surface area contributed by atoms with E-state index in [1.165, 1.54) is 6.92 Å². The van der Waals surface area contributed by atoms with Gasteiger partial charge in [0.1, 0.15) is 0 Å². The molecule has 7 heavy (non-hydrogen) atoms. The van der Waals surface area contributed by atoms with Gasteiger partial charge in [0, 0.05) is 0 Å². The van der Waals surface area contributed by atoms with E-state index in [2.05, 4.69) is 0 Å².